The number of benzene rings is 1. The number of hydrogen-bond acceptors (Lipinski definition) is 6. The second kappa shape index (κ2) is 6.46. The van der Waals surface area contributed by atoms with Crippen LogP contribution in [0.5, 0.6) is 0 Å². The first-order chi connectivity index (χ1) is 10.0. The van der Waals surface area contributed by atoms with Crippen molar-refractivity contribution >= 4 is 38.7 Å². The van der Waals surface area contributed by atoms with Crippen LogP contribution in [0, 0.1) is 0 Å². The van der Waals surface area contributed by atoms with Gasteiger partial charge in [0.2, 0.25) is 15.9 Å². The number of carbonyl (C=O) groups excluding carboxylic acids is 1. The Morgan fingerprint density at radius 2 is 2.10 bits per heavy atom. The summed E-state index contributed by atoms with van der Waals surface area (Å²) in [6.45, 7) is 3.93. The molecular formula is C12H16N4O3S2. The first-order valence-electron chi connectivity index (χ1n) is 6.48. The molecule has 0 spiro atoms. The molecule has 9 heteroatoms. The average Bonchev–Trinajstić information content (AvgIpc) is 2.92. The van der Waals surface area contributed by atoms with Crippen molar-refractivity contribution in [1.82, 2.24) is 18.4 Å². The van der Waals surface area contributed by atoms with E-state index < -0.39 is 10.0 Å². The second-order valence-electron chi connectivity index (χ2n) is 4.27. The molecule has 7 nitrogen and oxygen atoms in total. The standard InChI is InChI=1S/C12H16N4O3S2/c1-3-13-11(17)8-16(4-2)21(18,19)10-7-5-6-9-12(10)15-20-14-9/h5-7H,3-4,8H2,1-2H3,(H,13,17). The third-order valence-electron chi connectivity index (χ3n) is 2.91. The van der Waals surface area contributed by atoms with Gasteiger partial charge in [-0.25, -0.2) is 8.42 Å². The van der Waals surface area contributed by atoms with E-state index in [-0.39, 0.29) is 23.9 Å². The first-order valence-corrected chi connectivity index (χ1v) is 8.65. The summed E-state index contributed by atoms with van der Waals surface area (Å²) < 4.78 is 34.6. The first kappa shape index (κ1) is 15.8. The summed E-state index contributed by atoms with van der Waals surface area (Å²) in [7, 11) is -3.78. The molecule has 2 aromatic rings. The van der Waals surface area contributed by atoms with Crippen molar-refractivity contribution in [3.05, 3.63) is 18.2 Å². The Balaban J connectivity index is 2.39. The molecule has 0 bridgehead atoms. The van der Waals surface area contributed by atoms with Crippen LogP contribution in [0.15, 0.2) is 23.1 Å². The van der Waals surface area contributed by atoms with Crippen LogP contribution in [0.1, 0.15) is 13.8 Å². The van der Waals surface area contributed by atoms with Crippen LogP contribution >= 0.6 is 11.7 Å². The number of amides is 1. The number of fused-ring (bicyclic) bond motifs is 1. The highest BCUT2D eigenvalue weighted by molar-refractivity contribution is 7.89. The van der Waals surface area contributed by atoms with Gasteiger partial charge in [0.05, 0.1) is 18.3 Å². The Morgan fingerprint density at radius 3 is 2.76 bits per heavy atom. The molecule has 0 aliphatic carbocycles. The zero-order valence-electron chi connectivity index (χ0n) is 11.7. The smallest absolute Gasteiger partial charge is 0.245 e. The fraction of sp³-hybridized carbons (Fsp3) is 0.417. The molecule has 1 aromatic heterocycles. The number of aromatic nitrogens is 2. The fourth-order valence-corrected chi connectivity index (χ4v) is 4.07. The topological polar surface area (TPSA) is 92.3 Å². The van der Waals surface area contributed by atoms with Gasteiger partial charge in [-0.3, -0.25) is 4.79 Å². The van der Waals surface area contributed by atoms with Crippen molar-refractivity contribution in [2.75, 3.05) is 19.6 Å². The van der Waals surface area contributed by atoms with Gasteiger partial charge in [-0.2, -0.15) is 13.1 Å². The van der Waals surface area contributed by atoms with Gasteiger partial charge in [0.25, 0.3) is 0 Å². The van der Waals surface area contributed by atoms with Gasteiger partial charge in [0, 0.05) is 13.1 Å². The lowest BCUT2D eigenvalue weighted by molar-refractivity contribution is -0.121. The van der Waals surface area contributed by atoms with Gasteiger partial charge in [0.1, 0.15) is 15.9 Å². The van der Waals surface area contributed by atoms with Crippen molar-refractivity contribution in [2.24, 2.45) is 0 Å². The fourth-order valence-electron chi connectivity index (χ4n) is 1.91. The van der Waals surface area contributed by atoms with Gasteiger partial charge in [-0.15, -0.1) is 0 Å². The Bertz CT molecular complexity index is 742. The van der Waals surface area contributed by atoms with E-state index in [4.69, 9.17) is 0 Å². The van der Waals surface area contributed by atoms with E-state index in [0.29, 0.717) is 17.6 Å². The highest BCUT2D eigenvalue weighted by atomic mass is 32.2. The molecule has 0 saturated heterocycles. The SMILES string of the molecule is CCNC(=O)CN(CC)S(=O)(=O)c1cccc2nsnc12. The Morgan fingerprint density at radius 1 is 1.33 bits per heavy atom. The molecular weight excluding hydrogens is 312 g/mol. The molecule has 0 fully saturated rings. The highest BCUT2D eigenvalue weighted by Gasteiger charge is 2.27. The predicted octanol–water partition coefficient (Wildman–Crippen LogP) is 0.838. The molecule has 21 heavy (non-hydrogen) atoms. The summed E-state index contributed by atoms with van der Waals surface area (Å²) in [6, 6.07) is 4.81. The lowest BCUT2D eigenvalue weighted by atomic mass is 10.3. The molecule has 0 unspecified atom stereocenters. The van der Waals surface area contributed by atoms with Crippen molar-refractivity contribution in [1.29, 1.82) is 0 Å². The maximum Gasteiger partial charge on any atom is 0.245 e. The lowest BCUT2D eigenvalue weighted by Gasteiger charge is -2.19. The molecule has 2 rings (SSSR count). The summed E-state index contributed by atoms with van der Waals surface area (Å²) in [4.78, 5) is 11.7. The Labute approximate surface area is 127 Å². The van der Waals surface area contributed by atoms with Crippen LogP contribution in [-0.2, 0) is 14.8 Å². The lowest BCUT2D eigenvalue weighted by Crippen LogP contribution is -2.40. The zero-order chi connectivity index (χ0) is 15.5. The van der Waals surface area contributed by atoms with Gasteiger partial charge >= 0.3 is 0 Å². The van der Waals surface area contributed by atoms with Crippen LogP contribution in [0.3, 0.4) is 0 Å². The maximum absolute atomic E-state index is 12.7. The normalized spacial score (nSPS) is 12.0. The molecule has 0 aliphatic heterocycles. The Hall–Kier alpha value is -1.58. The second-order valence-corrected chi connectivity index (χ2v) is 6.71. The van der Waals surface area contributed by atoms with Crippen molar-refractivity contribution in [3.8, 4) is 0 Å². The molecule has 0 saturated carbocycles. The molecule has 0 atom stereocenters. The van der Waals surface area contributed by atoms with Gasteiger partial charge in [-0.1, -0.05) is 13.0 Å². The molecule has 114 valence electrons. The van der Waals surface area contributed by atoms with Crippen LogP contribution in [0.25, 0.3) is 11.0 Å². The minimum atomic E-state index is -3.78. The van der Waals surface area contributed by atoms with E-state index in [1.165, 1.54) is 6.07 Å². The molecule has 1 amide bonds. The summed E-state index contributed by atoms with van der Waals surface area (Å²) in [5.41, 5.74) is 0.881. The van der Waals surface area contributed by atoms with Crippen molar-refractivity contribution in [3.63, 3.8) is 0 Å². The maximum atomic E-state index is 12.7. The van der Waals surface area contributed by atoms with Crippen molar-refractivity contribution in [2.45, 2.75) is 18.7 Å². The summed E-state index contributed by atoms with van der Waals surface area (Å²) in [6.07, 6.45) is 0. The van der Waals surface area contributed by atoms with Crippen LogP contribution in [0.4, 0.5) is 0 Å². The number of rotatable bonds is 6. The number of sulfonamides is 1. The molecule has 1 heterocycles. The average molecular weight is 328 g/mol. The third kappa shape index (κ3) is 3.20. The van der Waals surface area contributed by atoms with E-state index in [1.54, 1.807) is 26.0 Å². The van der Waals surface area contributed by atoms with Crippen LogP contribution < -0.4 is 5.32 Å². The van der Waals surface area contributed by atoms with Gasteiger partial charge in [0.15, 0.2) is 0 Å². The number of hydrogen-bond donors (Lipinski definition) is 1. The van der Waals surface area contributed by atoms with E-state index in [9.17, 15) is 13.2 Å². The van der Waals surface area contributed by atoms with Crippen LogP contribution in [-0.4, -0.2) is 47.0 Å². The quantitative estimate of drug-likeness (QED) is 0.848. The van der Waals surface area contributed by atoms with E-state index in [2.05, 4.69) is 14.1 Å². The number of nitrogens with one attached hydrogen (secondary N) is 1. The molecule has 1 N–H and O–H groups in total. The summed E-state index contributed by atoms with van der Waals surface area (Å²) in [5.74, 6) is -0.327. The van der Waals surface area contributed by atoms with E-state index >= 15 is 0 Å². The number of carbonyl (C=O) groups is 1. The molecule has 0 aliphatic rings. The van der Waals surface area contributed by atoms with Crippen LogP contribution in [0.2, 0.25) is 0 Å². The summed E-state index contributed by atoms with van der Waals surface area (Å²) in [5, 5.41) is 2.60. The molecule has 1 aromatic carbocycles. The monoisotopic (exact) mass is 328 g/mol. The Kier molecular flexibility index (Phi) is 4.86. The van der Waals surface area contributed by atoms with Gasteiger partial charge < -0.3 is 5.32 Å². The summed E-state index contributed by atoms with van der Waals surface area (Å²) >= 11 is 0.962. The number of nitrogens with zero attached hydrogens (tertiary/aromatic N) is 3. The van der Waals surface area contributed by atoms with Crippen molar-refractivity contribution < 1.29 is 13.2 Å². The highest BCUT2D eigenvalue weighted by Crippen LogP contribution is 2.24. The predicted molar refractivity (Wildman–Crippen MR) is 80.5 cm³/mol. The minimum Gasteiger partial charge on any atom is -0.355 e. The number of likely N-dealkylation sites (N-methyl/N-ethyl adjacent to an activating group) is 2. The minimum absolute atomic E-state index is 0.0832. The van der Waals surface area contributed by atoms with Gasteiger partial charge in [-0.05, 0) is 19.1 Å². The largest absolute Gasteiger partial charge is 0.355 e. The zero-order valence-corrected chi connectivity index (χ0v) is 13.4. The van der Waals surface area contributed by atoms with E-state index in [0.717, 1.165) is 16.0 Å². The molecule has 0 radical (unpaired) electrons. The third-order valence-corrected chi connectivity index (χ3v) is 5.41. The van der Waals surface area contributed by atoms with E-state index in [1.807, 2.05) is 0 Å².